The number of carbonyl (C=O) groups is 2. The van der Waals surface area contributed by atoms with Crippen molar-refractivity contribution in [2.24, 2.45) is 5.92 Å². The van der Waals surface area contributed by atoms with Crippen LogP contribution in [0.5, 0.6) is 0 Å². The first-order chi connectivity index (χ1) is 17.9. The molecular weight excluding hydrogens is 468 g/mol. The number of benzene rings is 2. The molecule has 0 radical (unpaired) electrons. The number of nitrogens with zero attached hydrogens (tertiary/aromatic N) is 3. The summed E-state index contributed by atoms with van der Waals surface area (Å²) in [6.45, 7) is 5.03. The highest BCUT2D eigenvalue weighted by molar-refractivity contribution is 6.06. The summed E-state index contributed by atoms with van der Waals surface area (Å²) in [6, 6.07) is 17.0. The number of nitrogens with one attached hydrogen (secondary N) is 3. The van der Waals surface area contributed by atoms with Gasteiger partial charge in [0.2, 0.25) is 0 Å². The van der Waals surface area contributed by atoms with E-state index in [1.54, 1.807) is 31.4 Å². The van der Waals surface area contributed by atoms with Crippen LogP contribution in [-0.4, -0.2) is 47.7 Å². The van der Waals surface area contributed by atoms with Gasteiger partial charge in [0.15, 0.2) is 0 Å². The van der Waals surface area contributed by atoms with E-state index in [2.05, 4.69) is 55.6 Å². The zero-order valence-corrected chi connectivity index (χ0v) is 21.3. The van der Waals surface area contributed by atoms with Crippen molar-refractivity contribution in [3.63, 3.8) is 0 Å². The van der Waals surface area contributed by atoms with Crippen LogP contribution in [0.3, 0.4) is 0 Å². The third kappa shape index (κ3) is 5.83. The van der Waals surface area contributed by atoms with Crippen LogP contribution >= 0.6 is 0 Å². The number of ether oxygens (including phenoxy) is 1. The maximum atomic E-state index is 12.3. The standard InChI is InChI=1S/C28H30N6O3/c1-17(18(2)21-6-5-7-22-23(27(35)29-3)12-13-30-26(21)22)15-31-25-14-24(32-16-33-25)19-8-10-20(11-9-19)34-28(36)37-4/h5-14,16-18H,15H2,1-4H3,(H,29,35)(H,34,36)(H,31,32,33)/t17-,18?/m1/s1. The molecule has 1 unspecified atom stereocenters. The molecule has 9 nitrogen and oxygen atoms in total. The highest BCUT2D eigenvalue weighted by atomic mass is 16.5. The second-order valence-electron chi connectivity index (χ2n) is 8.81. The van der Waals surface area contributed by atoms with Crippen molar-refractivity contribution in [3.05, 3.63) is 78.2 Å². The Morgan fingerprint density at radius 2 is 1.78 bits per heavy atom. The van der Waals surface area contributed by atoms with E-state index >= 15 is 0 Å². The maximum Gasteiger partial charge on any atom is 0.411 e. The highest BCUT2D eigenvalue weighted by Crippen LogP contribution is 2.31. The molecule has 0 fully saturated rings. The van der Waals surface area contributed by atoms with Gasteiger partial charge in [0.25, 0.3) is 5.91 Å². The Morgan fingerprint density at radius 1 is 1.00 bits per heavy atom. The first-order valence-corrected chi connectivity index (χ1v) is 12.0. The van der Waals surface area contributed by atoms with E-state index in [1.807, 2.05) is 30.3 Å². The molecule has 2 atom stereocenters. The van der Waals surface area contributed by atoms with Gasteiger partial charge in [-0.2, -0.15) is 0 Å². The Hall–Kier alpha value is -4.53. The lowest BCUT2D eigenvalue weighted by Crippen LogP contribution is -2.19. The van der Waals surface area contributed by atoms with Gasteiger partial charge in [-0.15, -0.1) is 0 Å². The topological polar surface area (TPSA) is 118 Å². The summed E-state index contributed by atoms with van der Waals surface area (Å²) in [7, 11) is 2.95. The van der Waals surface area contributed by atoms with Crippen LogP contribution in [0, 0.1) is 5.92 Å². The number of carbonyl (C=O) groups excluding carboxylic acids is 2. The van der Waals surface area contributed by atoms with Crippen molar-refractivity contribution in [2.45, 2.75) is 19.8 Å². The molecule has 0 aliphatic rings. The molecule has 2 heterocycles. The normalized spacial score (nSPS) is 12.4. The fourth-order valence-electron chi connectivity index (χ4n) is 4.15. The van der Waals surface area contributed by atoms with Crippen molar-refractivity contribution in [1.82, 2.24) is 20.3 Å². The summed E-state index contributed by atoms with van der Waals surface area (Å²) < 4.78 is 4.62. The van der Waals surface area contributed by atoms with Gasteiger partial charge in [0.1, 0.15) is 12.1 Å². The third-order valence-corrected chi connectivity index (χ3v) is 6.50. The Labute approximate surface area is 215 Å². The number of pyridine rings is 1. The number of para-hydroxylation sites is 1. The molecule has 2 amide bonds. The molecule has 3 N–H and O–H groups in total. The number of anilines is 2. The number of methoxy groups -OCH3 is 1. The molecular formula is C28H30N6O3. The molecule has 0 spiro atoms. The fourth-order valence-corrected chi connectivity index (χ4v) is 4.15. The van der Waals surface area contributed by atoms with E-state index in [-0.39, 0.29) is 17.7 Å². The van der Waals surface area contributed by atoms with E-state index in [0.29, 0.717) is 17.8 Å². The van der Waals surface area contributed by atoms with Gasteiger partial charge in [-0.3, -0.25) is 15.1 Å². The smallest absolute Gasteiger partial charge is 0.411 e. The minimum Gasteiger partial charge on any atom is -0.453 e. The fraction of sp³-hybridized carbons (Fsp3) is 0.250. The lowest BCUT2D eigenvalue weighted by molar-refractivity contribution is 0.0964. The maximum absolute atomic E-state index is 12.3. The number of rotatable bonds is 8. The SMILES string of the molecule is CNC(=O)c1ccnc2c(C(C)[C@H](C)CNc3cc(-c4ccc(NC(=O)OC)cc4)ncn3)cccc12. The summed E-state index contributed by atoms with van der Waals surface area (Å²) in [5.74, 6) is 1.03. The summed E-state index contributed by atoms with van der Waals surface area (Å²) in [5, 5.41) is 9.61. The first kappa shape index (κ1) is 25.6. The average Bonchev–Trinajstić information content (AvgIpc) is 2.94. The van der Waals surface area contributed by atoms with Gasteiger partial charge in [-0.1, -0.05) is 44.2 Å². The zero-order chi connectivity index (χ0) is 26.4. The van der Waals surface area contributed by atoms with Crippen LogP contribution in [0.4, 0.5) is 16.3 Å². The lowest BCUT2D eigenvalue weighted by Gasteiger charge is -2.22. The second-order valence-corrected chi connectivity index (χ2v) is 8.81. The van der Waals surface area contributed by atoms with Gasteiger partial charge in [0.05, 0.1) is 23.9 Å². The average molecular weight is 499 g/mol. The van der Waals surface area contributed by atoms with Crippen molar-refractivity contribution in [1.29, 1.82) is 0 Å². The summed E-state index contributed by atoms with van der Waals surface area (Å²) >= 11 is 0. The van der Waals surface area contributed by atoms with Crippen molar-refractivity contribution < 1.29 is 14.3 Å². The Balaban J connectivity index is 1.46. The van der Waals surface area contributed by atoms with Crippen LogP contribution < -0.4 is 16.0 Å². The van der Waals surface area contributed by atoms with Crippen LogP contribution in [0.15, 0.2) is 67.1 Å². The van der Waals surface area contributed by atoms with Crippen LogP contribution in [0.25, 0.3) is 22.2 Å². The molecule has 0 aliphatic carbocycles. The Morgan fingerprint density at radius 3 is 2.51 bits per heavy atom. The molecule has 0 bridgehead atoms. The molecule has 2 aromatic carbocycles. The molecule has 0 saturated heterocycles. The molecule has 0 aliphatic heterocycles. The number of fused-ring (bicyclic) bond motifs is 1. The number of aromatic nitrogens is 3. The van der Waals surface area contributed by atoms with Gasteiger partial charge >= 0.3 is 6.09 Å². The van der Waals surface area contributed by atoms with Crippen LogP contribution in [-0.2, 0) is 4.74 Å². The quantitative estimate of drug-likeness (QED) is 0.310. The van der Waals surface area contributed by atoms with Crippen molar-refractivity contribution in [3.8, 4) is 11.3 Å². The highest BCUT2D eigenvalue weighted by Gasteiger charge is 2.19. The molecule has 4 aromatic rings. The number of hydrogen-bond acceptors (Lipinski definition) is 7. The minimum absolute atomic E-state index is 0.124. The molecule has 9 heteroatoms. The van der Waals surface area contributed by atoms with Crippen molar-refractivity contribution in [2.75, 3.05) is 31.3 Å². The van der Waals surface area contributed by atoms with Crippen molar-refractivity contribution >= 4 is 34.4 Å². The van der Waals surface area contributed by atoms with E-state index in [9.17, 15) is 9.59 Å². The van der Waals surface area contributed by atoms with E-state index in [1.165, 1.54) is 13.4 Å². The molecule has 37 heavy (non-hydrogen) atoms. The van der Waals surface area contributed by atoms with E-state index in [0.717, 1.165) is 33.5 Å². The third-order valence-electron chi connectivity index (χ3n) is 6.50. The van der Waals surface area contributed by atoms with Gasteiger partial charge < -0.3 is 15.4 Å². The van der Waals surface area contributed by atoms with Gasteiger partial charge in [-0.05, 0) is 35.6 Å². The van der Waals surface area contributed by atoms with Gasteiger partial charge in [-0.25, -0.2) is 14.8 Å². The number of hydrogen-bond donors (Lipinski definition) is 3. The lowest BCUT2D eigenvalue weighted by atomic mass is 9.87. The predicted molar refractivity (Wildman–Crippen MR) is 145 cm³/mol. The molecule has 4 rings (SSSR count). The second kappa shape index (κ2) is 11.5. The van der Waals surface area contributed by atoms with Crippen LogP contribution in [0.1, 0.15) is 35.7 Å². The van der Waals surface area contributed by atoms with Crippen LogP contribution in [0.2, 0.25) is 0 Å². The summed E-state index contributed by atoms with van der Waals surface area (Å²) in [6.07, 6.45) is 2.70. The van der Waals surface area contributed by atoms with Gasteiger partial charge in [0, 0.05) is 42.5 Å². The van der Waals surface area contributed by atoms with E-state index < -0.39 is 6.09 Å². The molecule has 190 valence electrons. The summed E-state index contributed by atoms with van der Waals surface area (Å²) in [5.41, 5.74) is 4.86. The predicted octanol–water partition coefficient (Wildman–Crippen LogP) is 5.08. The monoisotopic (exact) mass is 498 g/mol. The number of amides is 2. The van der Waals surface area contributed by atoms with E-state index in [4.69, 9.17) is 0 Å². The zero-order valence-electron chi connectivity index (χ0n) is 21.3. The minimum atomic E-state index is -0.518. The molecule has 2 aromatic heterocycles. The molecule has 0 saturated carbocycles. The largest absolute Gasteiger partial charge is 0.453 e. The first-order valence-electron chi connectivity index (χ1n) is 12.0. The summed E-state index contributed by atoms with van der Waals surface area (Å²) in [4.78, 5) is 37.1. The Kier molecular flexibility index (Phi) is 7.92. The Bertz CT molecular complexity index is 1410.